The standard InChI is InChI=1S/C15H22N2O3/c18-15(13-9-11-4-5-14(13)17-11)16-6-2-7-19-10-12-3-1-8-20-12/h1,3,8,11,13-14,17H,2,4-7,9-10H2,(H,16,18). The van der Waals surface area contributed by atoms with E-state index in [2.05, 4.69) is 10.6 Å². The molecule has 110 valence electrons. The predicted octanol–water partition coefficient (Wildman–Crippen LogP) is 1.44. The Bertz CT molecular complexity index is 432. The van der Waals surface area contributed by atoms with Gasteiger partial charge in [-0.05, 0) is 37.8 Å². The highest BCUT2D eigenvalue weighted by atomic mass is 16.5. The molecule has 0 spiro atoms. The molecule has 2 aliphatic rings. The van der Waals surface area contributed by atoms with E-state index in [0.717, 1.165) is 25.0 Å². The third-order valence-corrected chi connectivity index (χ3v) is 4.23. The first kappa shape index (κ1) is 13.6. The molecule has 2 bridgehead atoms. The summed E-state index contributed by atoms with van der Waals surface area (Å²) in [5.74, 6) is 1.22. The lowest BCUT2D eigenvalue weighted by Gasteiger charge is -2.19. The Morgan fingerprint density at radius 3 is 3.15 bits per heavy atom. The quantitative estimate of drug-likeness (QED) is 0.741. The van der Waals surface area contributed by atoms with Crippen LogP contribution >= 0.6 is 0 Å². The molecular formula is C15H22N2O3. The fourth-order valence-corrected chi connectivity index (χ4v) is 3.20. The van der Waals surface area contributed by atoms with Crippen LogP contribution in [0.3, 0.4) is 0 Å². The smallest absolute Gasteiger partial charge is 0.224 e. The van der Waals surface area contributed by atoms with Gasteiger partial charge >= 0.3 is 0 Å². The second-order valence-corrected chi connectivity index (χ2v) is 5.67. The molecule has 1 aromatic rings. The van der Waals surface area contributed by atoms with Crippen LogP contribution in [0.15, 0.2) is 22.8 Å². The molecule has 3 heterocycles. The highest BCUT2D eigenvalue weighted by molar-refractivity contribution is 5.80. The van der Waals surface area contributed by atoms with E-state index in [-0.39, 0.29) is 11.8 Å². The summed E-state index contributed by atoms with van der Waals surface area (Å²) >= 11 is 0. The van der Waals surface area contributed by atoms with E-state index in [0.29, 0.717) is 31.8 Å². The molecule has 2 fully saturated rings. The molecule has 5 heteroatoms. The molecule has 2 saturated heterocycles. The van der Waals surface area contributed by atoms with Gasteiger partial charge in [-0.25, -0.2) is 0 Å². The molecule has 0 aromatic carbocycles. The Morgan fingerprint density at radius 2 is 2.45 bits per heavy atom. The fourth-order valence-electron chi connectivity index (χ4n) is 3.20. The zero-order chi connectivity index (χ0) is 13.8. The van der Waals surface area contributed by atoms with Crippen LogP contribution in [0.4, 0.5) is 0 Å². The second-order valence-electron chi connectivity index (χ2n) is 5.67. The second kappa shape index (κ2) is 6.41. The lowest BCUT2D eigenvalue weighted by atomic mass is 9.88. The third-order valence-electron chi connectivity index (χ3n) is 4.23. The van der Waals surface area contributed by atoms with Gasteiger partial charge in [0.25, 0.3) is 0 Å². The molecule has 3 atom stereocenters. The average Bonchev–Trinajstić information content (AvgIpc) is 3.18. The number of fused-ring (bicyclic) bond motifs is 2. The van der Waals surface area contributed by atoms with Crippen molar-refractivity contribution in [2.75, 3.05) is 13.2 Å². The molecule has 3 unspecified atom stereocenters. The van der Waals surface area contributed by atoms with Crippen LogP contribution in [-0.4, -0.2) is 31.1 Å². The number of amides is 1. The number of carbonyl (C=O) groups is 1. The molecule has 1 aromatic heterocycles. The number of rotatable bonds is 7. The lowest BCUT2D eigenvalue weighted by Crippen LogP contribution is -2.38. The predicted molar refractivity (Wildman–Crippen MR) is 74.0 cm³/mol. The molecule has 0 saturated carbocycles. The number of furan rings is 1. The van der Waals surface area contributed by atoms with Gasteiger partial charge in [0.2, 0.25) is 5.91 Å². The number of hydrogen-bond acceptors (Lipinski definition) is 4. The molecule has 0 aliphatic carbocycles. The monoisotopic (exact) mass is 278 g/mol. The first-order valence-electron chi connectivity index (χ1n) is 7.47. The molecule has 3 rings (SSSR count). The SMILES string of the molecule is O=C(NCCCOCc1ccco1)C1CC2CCC1N2. The number of ether oxygens (including phenoxy) is 1. The van der Waals surface area contributed by atoms with E-state index < -0.39 is 0 Å². The topological polar surface area (TPSA) is 63.5 Å². The van der Waals surface area contributed by atoms with E-state index in [1.54, 1.807) is 6.26 Å². The van der Waals surface area contributed by atoms with E-state index in [1.807, 2.05) is 12.1 Å². The summed E-state index contributed by atoms with van der Waals surface area (Å²) in [4.78, 5) is 12.0. The van der Waals surface area contributed by atoms with Gasteiger partial charge in [-0.15, -0.1) is 0 Å². The Labute approximate surface area is 119 Å². The molecule has 2 N–H and O–H groups in total. The maximum Gasteiger partial charge on any atom is 0.224 e. The zero-order valence-corrected chi connectivity index (χ0v) is 11.6. The summed E-state index contributed by atoms with van der Waals surface area (Å²) in [5.41, 5.74) is 0. The van der Waals surface area contributed by atoms with E-state index in [1.165, 1.54) is 6.42 Å². The zero-order valence-electron chi connectivity index (χ0n) is 11.6. The lowest BCUT2D eigenvalue weighted by molar-refractivity contribution is -0.125. The minimum absolute atomic E-state index is 0.179. The maximum absolute atomic E-state index is 12.0. The van der Waals surface area contributed by atoms with Gasteiger partial charge in [0.05, 0.1) is 12.2 Å². The molecular weight excluding hydrogens is 256 g/mol. The first-order valence-corrected chi connectivity index (χ1v) is 7.47. The number of hydrogen-bond donors (Lipinski definition) is 2. The van der Waals surface area contributed by atoms with Crippen molar-refractivity contribution in [2.45, 2.75) is 44.4 Å². The van der Waals surface area contributed by atoms with Gasteiger partial charge in [-0.2, -0.15) is 0 Å². The Hall–Kier alpha value is -1.33. The average molecular weight is 278 g/mol. The molecule has 2 aliphatic heterocycles. The van der Waals surface area contributed by atoms with Crippen LogP contribution in [0.5, 0.6) is 0 Å². The highest BCUT2D eigenvalue weighted by Crippen LogP contribution is 2.33. The van der Waals surface area contributed by atoms with Crippen LogP contribution < -0.4 is 10.6 Å². The Balaban J connectivity index is 1.25. The summed E-state index contributed by atoms with van der Waals surface area (Å²) in [7, 11) is 0. The summed E-state index contributed by atoms with van der Waals surface area (Å²) in [6.45, 7) is 1.82. The summed E-state index contributed by atoms with van der Waals surface area (Å²) < 4.78 is 10.6. The van der Waals surface area contributed by atoms with Crippen molar-refractivity contribution >= 4 is 5.91 Å². The van der Waals surface area contributed by atoms with Crippen molar-refractivity contribution in [3.63, 3.8) is 0 Å². The normalized spacial score (nSPS) is 27.9. The van der Waals surface area contributed by atoms with Gasteiger partial charge in [0, 0.05) is 25.2 Å². The highest BCUT2D eigenvalue weighted by Gasteiger charge is 2.42. The van der Waals surface area contributed by atoms with Gasteiger partial charge in [0.15, 0.2) is 0 Å². The van der Waals surface area contributed by atoms with Crippen LogP contribution in [0.25, 0.3) is 0 Å². The molecule has 1 amide bonds. The Morgan fingerprint density at radius 1 is 1.50 bits per heavy atom. The first-order chi connectivity index (χ1) is 9.83. The van der Waals surface area contributed by atoms with E-state index >= 15 is 0 Å². The van der Waals surface area contributed by atoms with Gasteiger partial charge in [-0.1, -0.05) is 0 Å². The van der Waals surface area contributed by atoms with Gasteiger partial charge in [-0.3, -0.25) is 4.79 Å². The minimum atomic E-state index is 0.179. The van der Waals surface area contributed by atoms with E-state index in [4.69, 9.17) is 9.15 Å². The molecule has 5 nitrogen and oxygen atoms in total. The van der Waals surface area contributed by atoms with Gasteiger partial charge in [0.1, 0.15) is 12.4 Å². The van der Waals surface area contributed by atoms with Crippen LogP contribution in [0.2, 0.25) is 0 Å². The molecule has 0 radical (unpaired) electrons. The largest absolute Gasteiger partial charge is 0.467 e. The van der Waals surface area contributed by atoms with Crippen molar-refractivity contribution in [1.82, 2.24) is 10.6 Å². The van der Waals surface area contributed by atoms with Crippen molar-refractivity contribution in [3.8, 4) is 0 Å². The van der Waals surface area contributed by atoms with Crippen LogP contribution in [0, 0.1) is 5.92 Å². The third kappa shape index (κ3) is 3.22. The number of carbonyl (C=O) groups excluding carboxylic acids is 1. The van der Waals surface area contributed by atoms with Crippen molar-refractivity contribution in [2.24, 2.45) is 5.92 Å². The molecule has 20 heavy (non-hydrogen) atoms. The Kier molecular flexibility index (Phi) is 4.38. The van der Waals surface area contributed by atoms with E-state index in [9.17, 15) is 4.79 Å². The van der Waals surface area contributed by atoms with Gasteiger partial charge < -0.3 is 19.8 Å². The van der Waals surface area contributed by atoms with Crippen LogP contribution in [0.1, 0.15) is 31.4 Å². The fraction of sp³-hybridized carbons (Fsp3) is 0.667. The summed E-state index contributed by atoms with van der Waals surface area (Å²) in [5, 5.41) is 6.51. The number of nitrogens with one attached hydrogen (secondary N) is 2. The van der Waals surface area contributed by atoms with Crippen LogP contribution in [-0.2, 0) is 16.1 Å². The maximum atomic E-state index is 12.0. The minimum Gasteiger partial charge on any atom is -0.467 e. The summed E-state index contributed by atoms with van der Waals surface area (Å²) in [6, 6.07) is 4.73. The van der Waals surface area contributed by atoms with Crippen molar-refractivity contribution < 1.29 is 13.9 Å². The summed E-state index contributed by atoms with van der Waals surface area (Å²) in [6.07, 6.45) is 5.86. The van der Waals surface area contributed by atoms with Crippen molar-refractivity contribution in [3.05, 3.63) is 24.2 Å². The van der Waals surface area contributed by atoms with Crippen molar-refractivity contribution in [1.29, 1.82) is 0 Å².